The Hall–Kier alpha value is -3.77. The highest BCUT2D eigenvalue weighted by Crippen LogP contribution is 2.27. The van der Waals surface area contributed by atoms with Crippen LogP contribution in [0.5, 0.6) is 0 Å². The second-order valence-corrected chi connectivity index (χ2v) is 12.4. The average molecular weight is 641 g/mol. The molecule has 2 aromatic rings. The first kappa shape index (κ1) is 36.7. The van der Waals surface area contributed by atoms with Gasteiger partial charge in [-0.15, -0.1) is 0 Å². The van der Waals surface area contributed by atoms with Gasteiger partial charge < -0.3 is 36.5 Å². The highest BCUT2D eigenvalue weighted by molar-refractivity contribution is 5.93. The lowest BCUT2D eigenvalue weighted by Crippen LogP contribution is -2.56. The second kappa shape index (κ2) is 19.7. The zero-order valence-corrected chi connectivity index (χ0v) is 27.1. The first-order chi connectivity index (χ1) is 22.2. The quantitative estimate of drug-likeness (QED) is 0.119. The van der Waals surface area contributed by atoms with Crippen molar-refractivity contribution in [2.75, 3.05) is 13.2 Å². The summed E-state index contributed by atoms with van der Waals surface area (Å²) < 4.78 is 2.13. The van der Waals surface area contributed by atoms with E-state index in [-0.39, 0.29) is 18.8 Å². The molecule has 0 unspecified atom stereocenters. The minimum atomic E-state index is -1.27. The van der Waals surface area contributed by atoms with Gasteiger partial charge in [-0.1, -0.05) is 56.4 Å². The third-order valence-corrected chi connectivity index (χ3v) is 8.75. The number of amides is 3. The number of aryl methyl sites for hydroxylation is 3. The molecule has 1 fully saturated rings. The van der Waals surface area contributed by atoms with Gasteiger partial charge in [-0.3, -0.25) is 14.4 Å². The summed E-state index contributed by atoms with van der Waals surface area (Å²) in [6.07, 6.45) is 13.6. The summed E-state index contributed by atoms with van der Waals surface area (Å²) in [5, 5.41) is 27.5. The highest BCUT2D eigenvalue weighted by Gasteiger charge is 2.31. The van der Waals surface area contributed by atoms with Crippen LogP contribution in [0.4, 0.5) is 0 Å². The van der Waals surface area contributed by atoms with Crippen LogP contribution >= 0.6 is 0 Å². The number of imidazole rings is 1. The predicted molar refractivity (Wildman–Crippen MR) is 175 cm³/mol. The number of carbonyl (C=O) groups excluding carboxylic acids is 3. The van der Waals surface area contributed by atoms with Crippen LogP contribution in [0.2, 0.25) is 0 Å². The maximum Gasteiger partial charge on any atom is 0.326 e. The van der Waals surface area contributed by atoms with E-state index in [1.54, 1.807) is 6.20 Å². The number of rotatable bonds is 20. The van der Waals surface area contributed by atoms with Crippen molar-refractivity contribution >= 4 is 23.7 Å². The van der Waals surface area contributed by atoms with Crippen molar-refractivity contribution in [2.24, 2.45) is 11.7 Å². The molecule has 7 N–H and O–H groups in total. The fourth-order valence-electron chi connectivity index (χ4n) is 5.98. The zero-order valence-electron chi connectivity index (χ0n) is 27.1. The summed E-state index contributed by atoms with van der Waals surface area (Å²) in [4.78, 5) is 55.3. The summed E-state index contributed by atoms with van der Waals surface area (Å²) in [5.74, 6) is -1.64. The molecule has 254 valence electrons. The molecule has 1 aliphatic carbocycles. The van der Waals surface area contributed by atoms with E-state index in [1.165, 1.54) is 5.56 Å². The number of aliphatic carboxylic acids is 1. The van der Waals surface area contributed by atoms with Gasteiger partial charge in [0.2, 0.25) is 17.7 Å². The Morgan fingerprint density at radius 2 is 1.59 bits per heavy atom. The second-order valence-electron chi connectivity index (χ2n) is 12.4. The van der Waals surface area contributed by atoms with E-state index in [9.17, 15) is 29.4 Å². The van der Waals surface area contributed by atoms with E-state index in [0.717, 1.165) is 69.3 Å². The number of nitrogens with one attached hydrogen (secondary N) is 3. The Kier molecular flexibility index (Phi) is 15.7. The van der Waals surface area contributed by atoms with Crippen LogP contribution in [0.3, 0.4) is 0 Å². The number of aliphatic hydroxyl groups excluding tert-OH is 1. The first-order valence-electron chi connectivity index (χ1n) is 16.7. The van der Waals surface area contributed by atoms with Gasteiger partial charge in [0.05, 0.1) is 13.0 Å². The Labute approximate surface area is 271 Å². The lowest BCUT2D eigenvalue weighted by Gasteiger charge is -2.27. The molecule has 3 atom stereocenters. The zero-order chi connectivity index (χ0) is 33.3. The summed E-state index contributed by atoms with van der Waals surface area (Å²) in [6, 6.07) is 4.38. The van der Waals surface area contributed by atoms with Crippen molar-refractivity contribution in [1.82, 2.24) is 25.5 Å². The molecule has 1 aromatic heterocycles. The molecule has 0 aliphatic heterocycles. The normalized spacial score (nSPS) is 15.5. The highest BCUT2D eigenvalue weighted by atomic mass is 16.4. The Bertz CT molecular complexity index is 1240. The molecule has 1 heterocycles. The predicted octanol–water partition coefficient (Wildman–Crippen LogP) is 2.39. The van der Waals surface area contributed by atoms with Crippen molar-refractivity contribution in [3.05, 3.63) is 53.6 Å². The van der Waals surface area contributed by atoms with Gasteiger partial charge in [0.15, 0.2) is 0 Å². The van der Waals surface area contributed by atoms with Crippen molar-refractivity contribution < 1.29 is 29.4 Å². The number of carbonyl (C=O) groups is 4. The molecule has 1 aliphatic rings. The van der Waals surface area contributed by atoms with E-state index in [0.29, 0.717) is 25.8 Å². The van der Waals surface area contributed by atoms with Crippen molar-refractivity contribution in [1.29, 1.82) is 0 Å². The van der Waals surface area contributed by atoms with Crippen LogP contribution in [-0.2, 0) is 38.6 Å². The van der Waals surface area contributed by atoms with E-state index in [4.69, 9.17) is 5.73 Å². The minimum Gasteiger partial charge on any atom is -0.480 e. The van der Waals surface area contributed by atoms with Gasteiger partial charge in [-0.25, -0.2) is 9.78 Å². The van der Waals surface area contributed by atoms with Gasteiger partial charge in [0.1, 0.15) is 23.9 Å². The lowest BCUT2D eigenvalue weighted by molar-refractivity contribution is -0.143. The Morgan fingerprint density at radius 3 is 2.22 bits per heavy atom. The molecule has 1 aromatic carbocycles. The summed E-state index contributed by atoms with van der Waals surface area (Å²) in [7, 11) is 0. The molecule has 0 radical (unpaired) electrons. The third-order valence-electron chi connectivity index (χ3n) is 8.75. The van der Waals surface area contributed by atoms with E-state index in [1.807, 2.05) is 37.4 Å². The molecule has 12 nitrogen and oxygen atoms in total. The summed E-state index contributed by atoms with van der Waals surface area (Å²) >= 11 is 0. The number of benzene rings is 1. The smallest absolute Gasteiger partial charge is 0.326 e. The van der Waals surface area contributed by atoms with Crippen LogP contribution < -0.4 is 21.7 Å². The standard InChI is InChI=1S/C34H52N6O6/c1-24-36-18-20-40(24)19-8-6-9-25-13-15-27(16-14-25)22-31(42)37-30(23-41)33(44)38-28(12-5-7-17-35)32(43)39-29(34(45)46)21-26-10-3-2-4-11-26/h13-16,18,20,26,28-30,41H,2-12,17,19,21-23,35H2,1H3,(H,37,42)(H,38,44)(H,39,43)(H,45,46)/t28-,29+,30-/m1/s1. The molecule has 0 saturated heterocycles. The van der Waals surface area contributed by atoms with Crippen LogP contribution in [0.15, 0.2) is 36.7 Å². The Morgan fingerprint density at radius 1 is 0.913 bits per heavy atom. The van der Waals surface area contributed by atoms with Gasteiger partial charge in [0.25, 0.3) is 0 Å². The minimum absolute atomic E-state index is 0.0197. The van der Waals surface area contributed by atoms with Crippen molar-refractivity contribution in [3.8, 4) is 0 Å². The topological polar surface area (TPSA) is 189 Å². The lowest BCUT2D eigenvalue weighted by atomic mass is 9.84. The molecular weight excluding hydrogens is 588 g/mol. The van der Waals surface area contributed by atoms with Gasteiger partial charge >= 0.3 is 5.97 Å². The summed E-state index contributed by atoms with van der Waals surface area (Å²) in [6.45, 7) is 2.66. The SMILES string of the molecule is Cc1nccn1CCCCc1ccc(CC(=O)N[C@H](CO)C(=O)N[C@H](CCCCN)C(=O)N[C@@H](CC2CCCCC2)C(=O)O)cc1. The first-order valence-corrected chi connectivity index (χ1v) is 16.7. The molecule has 3 amide bonds. The van der Waals surface area contributed by atoms with Gasteiger partial charge in [-0.05, 0) is 75.5 Å². The van der Waals surface area contributed by atoms with Crippen LogP contribution in [0.25, 0.3) is 0 Å². The Balaban J connectivity index is 1.50. The maximum absolute atomic E-state index is 13.2. The fraction of sp³-hybridized carbons (Fsp3) is 0.618. The van der Waals surface area contributed by atoms with Gasteiger partial charge in [0, 0.05) is 18.9 Å². The van der Waals surface area contributed by atoms with E-state index < -0.39 is 48.4 Å². The number of hydrogen-bond donors (Lipinski definition) is 6. The average Bonchev–Trinajstić information content (AvgIpc) is 3.46. The number of carboxylic acid groups (broad SMARTS) is 1. The molecule has 0 spiro atoms. The third kappa shape index (κ3) is 12.6. The largest absolute Gasteiger partial charge is 0.480 e. The number of aromatic nitrogens is 2. The molecule has 46 heavy (non-hydrogen) atoms. The monoisotopic (exact) mass is 640 g/mol. The van der Waals surface area contributed by atoms with E-state index >= 15 is 0 Å². The number of unbranched alkanes of at least 4 members (excludes halogenated alkanes) is 2. The molecule has 1 saturated carbocycles. The number of aliphatic hydroxyl groups is 1. The van der Waals surface area contributed by atoms with Crippen LogP contribution in [0, 0.1) is 12.8 Å². The summed E-state index contributed by atoms with van der Waals surface area (Å²) in [5.41, 5.74) is 7.55. The molecular formula is C34H52N6O6. The number of nitrogens with two attached hydrogens (primary N) is 1. The number of hydrogen-bond acceptors (Lipinski definition) is 7. The fourth-order valence-corrected chi connectivity index (χ4v) is 5.98. The van der Waals surface area contributed by atoms with Gasteiger partial charge in [-0.2, -0.15) is 0 Å². The molecule has 0 bridgehead atoms. The number of carboxylic acids is 1. The van der Waals surface area contributed by atoms with Crippen LogP contribution in [0.1, 0.15) is 87.6 Å². The molecule has 12 heteroatoms. The number of nitrogens with zero attached hydrogens (tertiary/aromatic N) is 2. The van der Waals surface area contributed by atoms with Crippen molar-refractivity contribution in [3.63, 3.8) is 0 Å². The van der Waals surface area contributed by atoms with Crippen molar-refractivity contribution in [2.45, 2.75) is 115 Å². The maximum atomic E-state index is 13.2. The van der Waals surface area contributed by atoms with E-state index in [2.05, 4.69) is 25.5 Å². The molecule has 3 rings (SSSR count). The van der Waals surface area contributed by atoms with Crippen LogP contribution in [-0.4, -0.2) is 74.7 Å².